The van der Waals surface area contributed by atoms with Crippen molar-refractivity contribution < 1.29 is 13.5 Å². The van der Waals surface area contributed by atoms with Crippen molar-refractivity contribution in [3.05, 3.63) is 76.3 Å². The quantitative estimate of drug-likeness (QED) is 0.304. The molecule has 7 nitrogen and oxygen atoms in total. The van der Waals surface area contributed by atoms with Crippen LogP contribution in [0, 0.1) is 18.6 Å². The van der Waals surface area contributed by atoms with Gasteiger partial charge in [0.1, 0.15) is 35.6 Å². The second kappa shape index (κ2) is 11.5. The normalized spacial score (nSPS) is 11.3. The molecule has 3 aromatic heterocycles. The molecule has 37 heavy (non-hydrogen) atoms. The Labute approximate surface area is 214 Å². The van der Waals surface area contributed by atoms with Crippen molar-refractivity contribution in [2.24, 2.45) is 0 Å². The molecule has 1 aromatic carbocycles. The van der Waals surface area contributed by atoms with E-state index in [1.807, 2.05) is 13.0 Å². The molecular formula is C28H31F2N5O2. The largest absolute Gasteiger partial charge is 0.491 e. The average Bonchev–Trinajstić information content (AvgIpc) is 2.90. The number of fused-ring (bicyclic) bond motifs is 1. The Bertz CT molecular complexity index is 1450. The summed E-state index contributed by atoms with van der Waals surface area (Å²) in [5, 5.41) is 3.73. The maximum atomic E-state index is 14.8. The molecule has 0 saturated carbocycles. The molecule has 0 unspecified atom stereocenters. The van der Waals surface area contributed by atoms with Gasteiger partial charge in [-0.15, -0.1) is 0 Å². The summed E-state index contributed by atoms with van der Waals surface area (Å²) in [5.74, 6) is 0.204. The lowest BCUT2D eigenvalue weighted by Gasteiger charge is -2.18. The highest BCUT2D eigenvalue weighted by Crippen LogP contribution is 2.29. The zero-order chi connectivity index (χ0) is 26.5. The first-order chi connectivity index (χ1) is 17.9. The standard InChI is InChI=1S/C28H31F2N5O2/c1-5-34(6-2)12-13-37-20-9-11-24(32-17-20)33-25-15-23-19(16-31-25)14-21(28(36)35(23)7-3)26-22(29)10-8-18(4)27(26)30/h8-11,14-17H,5-7,12-13H2,1-4H3,(H,31,32,33). The van der Waals surface area contributed by atoms with Gasteiger partial charge in [-0.25, -0.2) is 18.7 Å². The van der Waals surface area contributed by atoms with Crippen molar-refractivity contribution in [3.8, 4) is 16.9 Å². The Morgan fingerprint density at radius 1 is 1.00 bits per heavy atom. The fourth-order valence-corrected chi connectivity index (χ4v) is 4.24. The molecule has 1 N–H and O–H groups in total. The monoisotopic (exact) mass is 507 g/mol. The van der Waals surface area contributed by atoms with Crippen LogP contribution in [0.15, 0.2) is 53.6 Å². The maximum Gasteiger partial charge on any atom is 0.259 e. The Hall–Kier alpha value is -3.85. The molecule has 3 heterocycles. The summed E-state index contributed by atoms with van der Waals surface area (Å²) in [6, 6.07) is 9.36. The highest BCUT2D eigenvalue weighted by Gasteiger charge is 2.19. The van der Waals surface area contributed by atoms with Gasteiger partial charge >= 0.3 is 0 Å². The molecule has 0 radical (unpaired) electrons. The van der Waals surface area contributed by atoms with Crippen molar-refractivity contribution in [1.29, 1.82) is 0 Å². The summed E-state index contributed by atoms with van der Waals surface area (Å²) in [6.07, 6.45) is 3.22. The molecule has 0 aliphatic heterocycles. The molecule has 4 aromatic rings. The van der Waals surface area contributed by atoms with Gasteiger partial charge in [-0.2, -0.15) is 0 Å². The second-order valence-corrected chi connectivity index (χ2v) is 8.67. The molecule has 0 amide bonds. The molecule has 0 aliphatic rings. The highest BCUT2D eigenvalue weighted by atomic mass is 19.1. The Morgan fingerprint density at radius 3 is 2.43 bits per heavy atom. The smallest absolute Gasteiger partial charge is 0.259 e. The van der Waals surface area contributed by atoms with Crippen LogP contribution < -0.4 is 15.6 Å². The van der Waals surface area contributed by atoms with Crippen LogP contribution in [-0.2, 0) is 6.54 Å². The number of rotatable bonds is 10. The number of nitrogens with zero attached hydrogens (tertiary/aromatic N) is 4. The number of pyridine rings is 3. The fraction of sp³-hybridized carbons (Fsp3) is 0.321. The maximum absolute atomic E-state index is 14.8. The number of likely N-dealkylation sites (N-methyl/N-ethyl adjacent to an activating group) is 1. The van der Waals surface area contributed by atoms with Crippen molar-refractivity contribution in [1.82, 2.24) is 19.4 Å². The van der Waals surface area contributed by atoms with Crippen LogP contribution in [0.1, 0.15) is 26.3 Å². The third-order valence-electron chi connectivity index (χ3n) is 6.41. The van der Waals surface area contributed by atoms with Crippen molar-refractivity contribution in [3.63, 3.8) is 0 Å². The molecule has 194 valence electrons. The number of benzene rings is 1. The van der Waals surface area contributed by atoms with Crippen LogP contribution in [0.25, 0.3) is 22.0 Å². The second-order valence-electron chi connectivity index (χ2n) is 8.67. The lowest BCUT2D eigenvalue weighted by atomic mass is 10.0. The zero-order valence-corrected chi connectivity index (χ0v) is 21.5. The predicted octanol–water partition coefficient (Wildman–Crippen LogP) is 5.53. The van der Waals surface area contributed by atoms with E-state index in [9.17, 15) is 13.6 Å². The number of halogens is 2. The van der Waals surface area contributed by atoms with E-state index >= 15 is 0 Å². The molecule has 0 fully saturated rings. The van der Waals surface area contributed by atoms with Gasteiger partial charge in [-0.05, 0) is 56.8 Å². The fourth-order valence-electron chi connectivity index (χ4n) is 4.24. The summed E-state index contributed by atoms with van der Waals surface area (Å²) in [4.78, 5) is 24.4. The summed E-state index contributed by atoms with van der Waals surface area (Å²) in [5.41, 5.74) is 0.0385. The number of hydrogen-bond donors (Lipinski definition) is 1. The van der Waals surface area contributed by atoms with E-state index < -0.39 is 17.2 Å². The van der Waals surface area contributed by atoms with Crippen LogP contribution in [0.2, 0.25) is 0 Å². The first-order valence-corrected chi connectivity index (χ1v) is 12.4. The molecule has 0 aliphatic carbocycles. The minimum atomic E-state index is -0.778. The van der Waals surface area contributed by atoms with Crippen LogP contribution in [0.4, 0.5) is 20.4 Å². The van der Waals surface area contributed by atoms with E-state index in [1.165, 1.54) is 29.7 Å². The van der Waals surface area contributed by atoms with Crippen LogP contribution in [0.3, 0.4) is 0 Å². The average molecular weight is 508 g/mol. The van der Waals surface area contributed by atoms with Gasteiger partial charge in [0.15, 0.2) is 0 Å². The van der Waals surface area contributed by atoms with Crippen molar-refractivity contribution >= 4 is 22.5 Å². The van der Waals surface area contributed by atoms with E-state index in [0.29, 0.717) is 41.4 Å². The molecule has 4 rings (SSSR count). The first-order valence-electron chi connectivity index (χ1n) is 12.4. The summed E-state index contributed by atoms with van der Waals surface area (Å²) in [7, 11) is 0. The number of nitrogens with one attached hydrogen (secondary N) is 1. The summed E-state index contributed by atoms with van der Waals surface area (Å²) in [6.45, 7) is 11.3. The number of ether oxygens (including phenoxy) is 1. The Kier molecular flexibility index (Phi) is 8.13. The lowest BCUT2D eigenvalue weighted by molar-refractivity contribution is 0.222. The molecule has 0 spiro atoms. The number of aromatic nitrogens is 3. The molecular weight excluding hydrogens is 476 g/mol. The van der Waals surface area contributed by atoms with E-state index in [-0.39, 0.29) is 16.7 Å². The van der Waals surface area contributed by atoms with Crippen molar-refractivity contribution in [2.45, 2.75) is 34.2 Å². The first kappa shape index (κ1) is 26.2. The molecule has 9 heteroatoms. The topological polar surface area (TPSA) is 72.3 Å². The number of aryl methyl sites for hydroxylation is 2. The van der Waals surface area contributed by atoms with Gasteiger partial charge in [0.2, 0.25) is 0 Å². The molecule has 0 atom stereocenters. The highest BCUT2D eigenvalue weighted by molar-refractivity contribution is 5.86. The third-order valence-corrected chi connectivity index (χ3v) is 6.41. The van der Waals surface area contributed by atoms with Crippen LogP contribution in [-0.4, -0.2) is 45.7 Å². The van der Waals surface area contributed by atoms with Gasteiger partial charge in [0.25, 0.3) is 5.56 Å². The van der Waals surface area contributed by atoms with E-state index in [1.54, 1.807) is 24.5 Å². The minimum Gasteiger partial charge on any atom is -0.491 e. The van der Waals surface area contributed by atoms with Crippen molar-refractivity contribution in [2.75, 3.05) is 31.6 Å². The molecule has 0 bridgehead atoms. The van der Waals surface area contributed by atoms with E-state index in [4.69, 9.17) is 4.74 Å². The number of hydrogen-bond acceptors (Lipinski definition) is 6. The van der Waals surface area contributed by atoms with E-state index in [2.05, 4.69) is 34.0 Å². The van der Waals surface area contributed by atoms with Gasteiger partial charge in [-0.3, -0.25) is 4.79 Å². The Balaban J connectivity index is 1.59. The third kappa shape index (κ3) is 5.61. The van der Waals surface area contributed by atoms with Gasteiger partial charge in [0, 0.05) is 30.7 Å². The lowest BCUT2D eigenvalue weighted by Crippen LogP contribution is -2.27. The minimum absolute atomic E-state index is 0.0335. The summed E-state index contributed by atoms with van der Waals surface area (Å²) < 4.78 is 36.6. The zero-order valence-electron chi connectivity index (χ0n) is 21.5. The predicted molar refractivity (Wildman–Crippen MR) is 143 cm³/mol. The SMILES string of the molecule is CCN(CC)CCOc1ccc(Nc2cc3c(cn2)cc(-c2c(F)ccc(C)c2F)c(=O)n3CC)nc1. The molecule has 0 saturated heterocycles. The van der Waals surface area contributed by atoms with Crippen LogP contribution in [0.5, 0.6) is 5.75 Å². The van der Waals surface area contributed by atoms with Gasteiger partial charge in [0.05, 0.1) is 22.8 Å². The van der Waals surface area contributed by atoms with E-state index in [0.717, 1.165) is 19.6 Å². The number of anilines is 2. The summed E-state index contributed by atoms with van der Waals surface area (Å²) >= 11 is 0. The Morgan fingerprint density at radius 2 is 1.76 bits per heavy atom. The van der Waals surface area contributed by atoms with Gasteiger partial charge in [-0.1, -0.05) is 19.9 Å². The van der Waals surface area contributed by atoms with Gasteiger partial charge < -0.3 is 19.5 Å². The van der Waals surface area contributed by atoms with Crippen LogP contribution >= 0.6 is 0 Å².